The molecule has 2 rings (SSSR count). The van der Waals surface area contributed by atoms with Crippen LogP contribution in [0.2, 0.25) is 0 Å². The molecule has 2 heterocycles. The zero-order valence-electron chi connectivity index (χ0n) is 9.95. The lowest BCUT2D eigenvalue weighted by atomic mass is 10.1. The van der Waals surface area contributed by atoms with E-state index >= 15 is 0 Å². The third-order valence-corrected chi connectivity index (χ3v) is 3.19. The van der Waals surface area contributed by atoms with Gasteiger partial charge in [0, 0.05) is 18.3 Å². The molecule has 1 aromatic heterocycles. The van der Waals surface area contributed by atoms with Gasteiger partial charge in [0.1, 0.15) is 0 Å². The van der Waals surface area contributed by atoms with Crippen LogP contribution in [0.15, 0.2) is 24.4 Å². The van der Waals surface area contributed by atoms with Gasteiger partial charge in [-0.1, -0.05) is 6.07 Å². The van der Waals surface area contributed by atoms with Crippen LogP contribution in [0.4, 0.5) is 0 Å². The van der Waals surface area contributed by atoms with Gasteiger partial charge in [0.2, 0.25) is 0 Å². The lowest BCUT2D eigenvalue weighted by molar-refractivity contribution is 0.416. The highest BCUT2D eigenvalue weighted by molar-refractivity contribution is 5.07. The van der Waals surface area contributed by atoms with E-state index in [4.69, 9.17) is 0 Å². The zero-order chi connectivity index (χ0) is 11.2. The average Bonchev–Trinajstić information content (AvgIpc) is 2.59. The monoisotopic (exact) mass is 219 g/mol. The summed E-state index contributed by atoms with van der Waals surface area (Å²) in [7, 11) is 0. The lowest BCUT2D eigenvalue weighted by Crippen LogP contribution is -2.32. The van der Waals surface area contributed by atoms with E-state index < -0.39 is 0 Å². The Morgan fingerprint density at radius 1 is 1.38 bits per heavy atom. The predicted molar refractivity (Wildman–Crippen MR) is 66.3 cm³/mol. The Morgan fingerprint density at radius 3 is 3.12 bits per heavy atom. The van der Waals surface area contributed by atoms with Crippen molar-refractivity contribution >= 4 is 0 Å². The van der Waals surface area contributed by atoms with Gasteiger partial charge in [0.25, 0.3) is 0 Å². The smallest absolute Gasteiger partial charge is 0.0570 e. The maximum absolute atomic E-state index is 4.39. The fourth-order valence-electron chi connectivity index (χ4n) is 2.26. The summed E-state index contributed by atoms with van der Waals surface area (Å²) in [6, 6.07) is 7.09. The van der Waals surface area contributed by atoms with Crippen LogP contribution in [-0.4, -0.2) is 24.1 Å². The fraction of sp³-hybridized carbons (Fsp3) is 0.615. The van der Waals surface area contributed by atoms with Crippen molar-refractivity contribution in [2.45, 2.75) is 38.3 Å². The van der Waals surface area contributed by atoms with E-state index in [2.05, 4.69) is 34.7 Å². The van der Waals surface area contributed by atoms with Crippen LogP contribution in [-0.2, 0) is 0 Å². The first kappa shape index (κ1) is 11.6. The number of hydrogen-bond acceptors (Lipinski definition) is 3. The number of nitrogens with zero attached hydrogens (tertiary/aromatic N) is 1. The molecule has 1 aliphatic rings. The Balaban J connectivity index is 1.88. The highest BCUT2D eigenvalue weighted by Crippen LogP contribution is 2.13. The molecule has 0 spiro atoms. The SMILES string of the molecule is C[C@@H](NC1CCCNCC1)c1ccccn1. The zero-order valence-corrected chi connectivity index (χ0v) is 9.95. The van der Waals surface area contributed by atoms with Crippen molar-refractivity contribution < 1.29 is 0 Å². The first-order valence-electron chi connectivity index (χ1n) is 6.24. The number of pyridine rings is 1. The van der Waals surface area contributed by atoms with E-state index in [1.807, 2.05) is 12.3 Å². The maximum atomic E-state index is 4.39. The van der Waals surface area contributed by atoms with Crippen LogP contribution in [0.1, 0.15) is 37.9 Å². The first-order valence-corrected chi connectivity index (χ1v) is 6.24. The summed E-state index contributed by atoms with van der Waals surface area (Å²) in [6.45, 7) is 4.49. The summed E-state index contributed by atoms with van der Waals surface area (Å²) in [5.74, 6) is 0. The average molecular weight is 219 g/mol. The van der Waals surface area contributed by atoms with Gasteiger partial charge in [-0.3, -0.25) is 4.98 Å². The van der Waals surface area contributed by atoms with Gasteiger partial charge in [-0.2, -0.15) is 0 Å². The molecule has 88 valence electrons. The van der Waals surface area contributed by atoms with Crippen molar-refractivity contribution in [1.82, 2.24) is 15.6 Å². The molecule has 1 unspecified atom stereocenters. The number of rotatable bonds is 3. The molecule has 0 amide bonds. The Morgan fingerprint density at radius 2 is 2.31 bits per heavy atom. The van der Waals surface area contributed by atoms with Crippen molar-refractivity contribution in [2.75, 3.05) is 13.1 Å². The topological polar surface area (TPSA) is 37.0 Å². The summed E-state index contributed by atoms with van der Waals surface area (Å²) < 4.78 is 0. The molecule has 0 aromatic carbocycles. The predicted octanol–water partition coefficient (Wildman–Crippen LogP) is 1.87. The van der Waals surface area contributed by atoms with Gasteiger partial charge in [-0.05, 0) is 51.4 Å². The summed E-state index contributed by atoms with van der Waals surface area (Å²) in [4.78, 5) is 4.39. The molecule has 0 aliphatic carbocycles. The van der Waals surface area contributed by atoms with Gasteiger partial charge in [0.15, 0.2) is 0 Å². The van der Waals surface area contributed by atoms with Crippen molar-refractivity contribution in [2.24, 2.45) is 0 Å². The molecular formula is C13H21N3. The van der Waals surface area contributed by atoms with Crippen LogP contribution in [0.3, 0.4) is 0 Å². The minimum absolute atomic E-state index is 0.351. The Kier molecular flexibility index (Phi) is 4.31. The van der Waals surface area contributed by atoms with Gasteiger partial charge >= 0.3 is 0 Å². The molecule has 2 atom stereocenters. The van der Waals surface area contributed by atoms with Crippen LogP contribution in [0, 0.1) is 0 Å². The fourth-order valence-corrected chi connectivity index (χ4v) is 2.26. The first-order chi connectivity index (χ1) is 7.86. The molecule has 1 fully saturated rings. The van der Waals surface area contributed by atoms with E-state index in [0.717, 1.165) is 18.8 Å². The Bertz CT molecular complexity index is 291. The standard InChI is InChI=1S/C13H21N3/c1-11(13-6-2-3-9-15-13)16-12-5-4-8-14-10-7-12/h2-3,6,9,11-12,14,16H,4-5,7-8,10H2,1H3/t11-,12?/m1/s1. The Hall–Kier alpha value is -0.930. The highest BCUT2D eigenvalue weighted by Gasteiger charge is 2.15. The number of aromatic nitrogens is 1. The van der Waals surface area contributed by atoms with E-state index in [1.54, 1.807) is 0 Å². The molecule has 2 N–H and O–H groups in total. The third-order valence-electron chi connectivity index (χ3n) is 3.19. The third kappa shape index (κ3) is 3.29. The van der Waals surface area contributed by atoms with E-state index in [9.17, 15) is 0 Å². The van der Waals surface area contributed by atoms with Crippen LogP contribution in [0.25, 0.3) is 0 Å². The van der Waals surface area contributed by atoms with E-state index in [0.29, 0.717) is 12.1 Å². The minimum Gasteiger partial charge on any atom is -0.317 e. The Labute approximate surface area is 97.7 Å². The van der Waals surface area contributed by atoms with Crippen LogP contribution < -0.4 is 10.6 Å². The molecular weight excluding hydrogens is 198 g/mol. The van der Waals surface area contributed by atoms with Gasteiger partial charge in [-0.15, -0.1) is 0 Å². The van der Waals surface area contributed by atoms with Gasteiger partial charge in [-0.25, -0.2) is 0 Å². The van der Waals surface area contributed by atoms with Gasteiger partial charge in [0.05, 0.1) is 5.69 Å². The largest absolute Gasteiger partial charge is 0.317 e. The molecule has 16 heavy (non-hydrogen) atoms. The summed E-state index contributed by atoms with van der Waals surface area (Å²) in [6.07, 6.45) is 5.62. The molecule has 0 bridgehead atoms. The number of hydrogen-bond donors (Lipinski definition) is 2. The molecule has 0 radical (unpaired) electrons. The second-order valence-electron chi connectivity index (χ2n) is 4.52. The van der Waals surface area contributed by atoms with E-state index in [1.165, 1.54) is 19.3 Å². The van der Waals surface area contributed by atoms with Crippen molar-refractivity contribution in [3.05, 3.63) is 30.1 Å². The normalized spacial score (nSPS) is 23.7. The summed E-state index contributed by atoms with van der Waals surface area (Å²) >= 11 is 0. The second kappa shape index (κ2) is 5.97. The quantitative estimate of drug-likeness (QED) is 0.815. The van der Waals surface area contributed by atoms with Crippen molar-refractivity contribution in [3.63, 3.8) is 0 Å². The minimum atomic E-state index is 0.351. The van der Waals surface area contributed by atoms with E-state index in [-0.39, 0.29) is 0 Å². The van der Waals surface area contributed by atoms with Crippen LogP contribution in [0.5, 0.6) is 0 Å². The second-order valence-corrected chi connectivity index (χ2v) is 4.52. The molecule has 0 saturated carbocycles. The summed E-state index contributed by atoms with van der Waals surface area (Å²) in [5.41, 5.74) is 1.14. The molecule has 1 saturated heterocycles. The molecule has 3 nitrogen and oxygen atoms in total. The van der Waals surface area contributed by atoms with Crippen molar-refractivity contribution in [3.8, 4) is 0 Å². The lowest BCUT2D eigenvalue weighted by Gasteiger charge is -2.21. The maximum Gasteiger partial charge on any atom is 0.0570 e. The molecule has 3 heteroatoms. The summed E-state index contributed by atoms with van der Waals surface area (Å²) in [5, 5.41) is 7.11. The molecule has 1 aromatic rings. The number of nitrogens with one attached hydrogen (secondary N) is 2. The van der Waals surface area contributed by atoms with Gasteiger partial charge < -0.3 is 10.6 Å². The molecule has 1 aliphatic heterocycles. The van der Waals surface area contributed by atoms with Crippen LogP contribution >= 0.6 is 0 Å². The van der Waals surface area contributed by atoms with Crippen molar-refractivity contribution in [1.29, 1.82) is 0 Å². The highest BCUT2D eigenvalue weighted by atomic mass is 15.0.